The van der Waals surface area contributed by atoms with Crippen molar-refractivity contribution < 1.29 is 0 Å². The molecule has 0 saturated carbocycles. The number of hydrogen-bond donors (Lipinski definition) is 1. The minimum absolute atomic E-state index is 0.420. The Morgan fingerprint density at radius 1 is 1.20 bits per heavy atom. The summed E-state index contributed by atoms with van der Waals surface area (Å²) in [5.74, 6) is 0.854. The van der Waals surface area contributed by atoms with Crippen molar-refractivity contribution in [1.82, 2.24) is 24.7 Å². The van der Waals surface area contributed by atoms with Gasteiger partial charge in [0.15, 0.2) is 5.65 Å². The SMILES string of the molecule is N#Cc1cccc(CN2CCC(Nc3ccc4nncn4n3)CC2)c1. The first-order valence-electron chi connectivity index (χ1n) is 8.45. The highest BCUT2D eigenvalue weighted by molar-refractivity contribution is 5.43. The average Bonchev–Trinajstić information content (AvgIpc) is 3.11. The first-order chi connectivity index (χ1) is 12.3. The Morgan fingerprint density at radius 2 is 2.08 bits per heavy atom. The third kappa shape index (κ3) is 3.59. The zero-order valence-electron chi connectivity index (χ0n) is 13.8. The summed E-state index contributed by atoms with van der Waals surface area (Å²) in [6.45, 7) is 2.96. The second-order valence-corrected chi connectivity index (χ2v) is 6.36. The van der Waals surface area contributed by atoms with Crippen LogP contribution >= 0.6 is 0 Å². The van der Waals surface area contributed by atoms with Crippen molar-refractivity contribution in [3.8, 4) is 6.07 Å². The normalized spacial score (nSPS) is 16.0. The third-order valence-electron chi connectivity index (χ3n) is 4.56. The summed E-state index contributed by atoms with van der Waals surface area (Å²) in [6, 6.07) is 14.3. The fraction of sp³-hybridized carbons (Fsp3) is 0.333. The molecule has 1 N–H and O–H groups in total. The number of nitrogens with zero attached hydrogens (tertiary/aromatic N) is 6. The van der Waals surface area contributed by atoms with E-state index in [0.717, 1.165) is 49.5 Å². The monoisotopic (exact) mass is 333 g/mol. The van der Waals surface area contributed by atoms with Gasteiger partial charge in [-0.25, -0.2) is 0 Å². The standard InChI is InChI=1S/C18H19N7/c19-11-14-2-1-3-15(10-14)12-24-8-6-16(7-9-24)21-17-4-5-18-22-20-13-25(18)23-17/h1-5,10,13,16H,6-9,12H2,(H,21,23). The summed E-state index contributed by atoms with van der Waals surface area (Å²) in [7, 11) is 0. The smallest absolute Gasteiger partial charge is 0.177 e. The van der Waals surface area contributed by atoms with E-state index < -0.39 is 0 Å². The molecule has 2 aromatic heterocycles. The van der Waals surface area contributed by atoms with Gasteiger partial charge in [-0.2, -0.15) is 9.78 Å². The number of nitriles is 1. The first kappa shape index (κ1) is 15.5. The fourth-order valence-corrected chi connectivity index (χ4v) is 3.25. The second-order valence-electron chi connectivity index (χ2n) is 6.36. The van der Waals surface area contributed by atoms with E-state index >= 15 is 0 Å². The molecule has 1 fully saturated rings. The number of likely N-dealkylation sites (tertiary alicyclic amines) is 1. The number of hydrogen-bond acceptors (Lipinski definition) is 6. The van der Waals surface area contributed by atoms with Gasteiger partial charge in [0.25, 0.3) is 0 Å². The lowest BCUT2D eigenvalue weighted by Gasteiger charge is -2.32. The molecule has 7 nitrogen and oxygen atoms in total. The Hall–Kier alpha value is -2.98. The van der Waals surface area contributed by atoms with E-state index in [2.05, 4.69) is 37.6 Å². The van der Waals surface area contributed by atoms with Gasteiger partial charge in [-0.3, -0.25) is 4.90 Å². The maximum Gasteiger partial charge on any atom is 0.177 e. The second kappa shape index (κ2) is 6.87. The fourth-order valence-electron chi connectivity index (χ4n) is 3.25. The molecule has 1 saturated heterocycles. The van der Waals surface area contributed by atoms with Crippen LogP contribution in [0.1, 0.15) is 24.0 Å². The highest BCUT2D eigenvalue weighted by atomic mass is 15.4. The zero-order valence-corrected chi connectivity index (χ0v) is 13.8. The van der Waals surface area contributed by atoms with Crippen LogP contribution in [0.4, 0.5) is 5.82 Å². The Balaban J connectivity index is 1.32. The van der Waals surface area contributed by atoms with Crippen molar-refractivity contribution in [1.29, 1.82) is 5.26 Å². The van der Waals surface area contributed by atoms with Gasteiger partial charge < -0.3 is 5.32 Å². The summed E-state index contributed by atoms with van der Waals surface area (Å²) >= 11 is 0. The Bertz CT molecular complexity index is 903. The number of piperidine rings is 1. The predicted molar refractivity (Wildman–Crippen MR) is 93.9 cm³/mol. The zero-order chi connectivity index (χ0) is 17.1. The maximum absolute atomic E-state index is 9.01. The summed E-state index contributed by atoms with van der Waals surface area (Å²) in [6.07, 6.45) is 3.75. The van der Waals surface area contributed by atoms with Crippen molar-refractivity contribution in [2.45, 2.75) is 25.4 Å². The van der Waals surface area contributed by atoms with Crippen molar-refractivity contribution in [3.63, 3.8) is 0 Å². The first-order valence-corrected chi connectivity index (χ1v) is 8.45. The number of aromatic nitrogens is 4. The van der Waals surface area contributed by atoms with Crippen LogP contribution in [-0.2, 0) is 6.54 Å². The minimum atomic E-state index is 0.420. The van der Waals surface area contributed by atoms with Gasteiger partial charge in [-0.1, -0.05) is 12.1 Å². The Morgan fingerprint density at radius 3 is 2.92 bits per heavy atom. The number of nitrogens with one attached hydrogen (secondary N) is 1. The summed E-state index contributed by atoms with van der Waals surface area (Å²) in [4.78, 5) is 2.44. The summed E-state index contributed by atoms with van der Waals surface area (Å²) in [5.41, 5.74) is 2.68. The molecule has 7 heteroatoms. The molecule has 1 aliphatic rings. The van der Waals surface area contributed by atoms with Crippen LogP contribution in [0.15, 0.2) is 42.7 Å². The molecule has 3 heterocycles. The van der Waals surface area contributed by atoms with Gasteiger partial charge >= 0.3 is 0 Å². The quantitative estimate of drug-likeness (QED) is 0.787. The van der Waals surface area contributed by atoms with E-state index in [0.29, 0.717) is 6.04 Å². The van der Waals surface area contributed by atoms with Gasteiger partial charge in [-0.15, -0.1) is 15.3 Å². The molecule has 1 aliphatic heterocycles. The summed E-state index contributed by atoms with van der Waals surface area (Å²) < 4.78 is 1.68. The van der Waals surface area contributed by atoms with Crippen LogP contribution in [0.2, 0.25) is 0 Å². The molecule has 0 spiro atoms. The van der Waals surface area contributed by atoms with Gasteiger partial charge in [-0.05, 0) is 42.7 Å². The van der Waals surface area contributed by atoms with Gasteiger partial charge in [0.2, 0.25) is 0 Å². The van der Waals surface area contributed by atoms with Crippen LogP contribution in [-0.4, -0.2) is 43.8 Å². The average molecular weight is 333 g/mol. The van der Waals surface area contributed by atoms with E-state index in [1.807, 2.05) is 30.3 Å². The molecular formula is C18H19N7. The Labute approximate surface area is 145 Å². The molecule has 0 aliphatic carbocycles. The molecule has 4 rings (SSSR count). The molecule has 0 bridgehead atoms. The number of fused-ring (bicyclic) bond motifs is 1. The van der Waals surface area contributed by atoms with Gasteiger partial charge in [0, 0.05) is 25.7 Å². The number of benzene rings is 1. The highest BCUT2D eigenvalue weighted by Crippen LogP contribution is 2.18. The molecule has 0 amide bonds. The largest absolute Gasteiger partial charge is 0.366 e. The molecule has 126 valence electrons. The van der Waals surface area contributed by atoms with Crippen LogP contribution in [0.25, 0.3) is 5.65 Å². The van der Waals surface area contributed by atoms with E-state index in [4.69, 9.17) is 5.26 Å². The number of rotatable bonds is 4. The third-order valence-corrected chi connectivity index (χ3v) is 4.56. The molecular weight excluding hydrogens is 314 g/mol. The van der Waals surface area contributed by atoms with E-state index in [9.17, 15) is 0 Å². The lowest BCUT2D eigenvalue weighted by Crippen LogP contribution is -2.38. The lowest BCUT2D eigenvalue weighted by molar-refractivity contribution is 0.211. The summed E-state index contributed by atoms with van der Waals surface area (Å²) in [5, 5.41) is 24.8. The van der Waals surface area contributed by atoms with Crippen LogP contribution in [0.3, 0.4) is 0 Å². The molecule has 0 unspecified atom stereocenters. The lowest BCUT2D eigenvalue weighted by atomic mass is 10.0. The van der Waals surface area contributed by atoms with Crippen LogP contribution in [0.5, 0.6) is 0 Å². The molecule has 0 radical (unpaired) electrons. The predicted octanol–water partition coefficient (Wildman–Crippen LogP) is 2.07. The van der Waals surface area contributed by atoms with E-state index in [1.165, 1.54) is 5.56 Å². The topological polar surface area (TPSA) is 82.1 Å². The molecule has 0 atom stereocenters. The van der Waals surface area contributed by atoms with Crippen LogP contribution < -0.4 is 5.32 Å². The highest BCUT2D eigenvalue weighted by Gasteiger charge is 2.19. The van der Waals surface area contributed by atoms with Crippen molar-refractivity contribution in [2.75, 3.05) is 18.4 Å². The van der Waals surface area contributed by atoms with Crippen molar-refractivity contribution in [2.24, 2.45) is 0 Å². The Kier molecular flexibility index (Phi) is 4.27. The van der Waals surface area contributed by atoms with Crippen molar-refractivity contribution >= 4 is 11.5 Å². The molecule has 3 aromatic rings. The molecule has 1 aromatic carbocycles. The van der Waals surface area contributed by atoms with Gasteiger partial charge in [0.1, 0.15) is 12.1 Å². The minimum Gasteiger partial charge on any atom is -0.366 e. The maximum atomic E-state index is 9.01. The molecule has 25 heavy (non-hydrogen) atoms. The number of anilines is 1. The van der Waals surface area contributed by atoms with E-state index in [1.54, 1.807) is 10.8 Å². The van der Waals surface area contributed by atoms with Gasteiger partial charge in [0.05, 0.1) is 11.6 Å². The van der Waals surface area contributed by atoms with Crippen LogP contribution in [0, 0.1) is 11.3 Å². The van der Waals surface area contributed by atoms with E-state index in [-0.39, 0.29) is 0 Å². The van der Waals surface area contributed by atoms with Crippen molar-refractivity contribution in [3.05, 3.63) is 53.9 Å².